The first kappa shape index (κ1) is 18.9. The predicted molar refractivity (Wildman–Crippen MR) is 115 cm³/mol. The molecule has 9 heteroatoms. The summed E-state index contributed by atoms with van der Waals surface area (Å²) < 4.78 is 14.8. The Bertz CT molecular complexity index is 1310. The number of aliphatic imine (C=N–C) groups is 1. The van der Waals surface area contributed by atoms with Crippen molar-refractivity contribution in [1.82, 2.24) is 25.1 Å². The van der Waals surface area contributed by atoms with Crippen LogP contribution in [0, 0.1) is 5.82 Å². The van der Waals surface area contributed by atoms with E-state index in [0.29, 0.717) is 11.4 Å². The highest BCUT2D eigenvalue weighted by atomic mass is 19.1. The van der Waals surface area contributed by atoms with Crippen molar-refractivity contribution < 1.29 is 9.18 Å². The van der Waals surface area contributed by atoms with Gasteiger partial charge >= 0.3 is 0 Å². The van der Waals surface area contributed by atoms with Crippen LogP contribution in [-0.2, 0) is 0 Å². The molecule has 1 amide bonds. The monoisotopic (exact) mass is 415 g/mol. The van der Waals surface area contributed by atoms with Gasteiger partial charge in [0.2, 0.25) is 5.82 Å². The van der Waals surface area contributed by atoms with Gasteiger partial charge in [-0.25, -0.2) is 4.39 Å². The zero-order chi connectivity index (χ0) is 21.4. The van der Waals surface area contributed by atoms with Gasteiger partial charge in [0.05, 0.1) is 12.2 Å². The van der Waals surface area contributed by atoms with Crippen molar-refractivity contribution in [3.05, 3.63) is 77.9 Å². The third-order valence-electron chi connectivity index (χ3n) is 5.16. The summed E-state index contributed by atoms with van der Waals surface area (Å²) in [5, 5.41) is 15.9. The molecular formula is C22H18FN7O. The molecule has 1 N–H and O–H groups in total. The third kappa shape index (κ3) is 3.61. The fraction of sp³-hybridized carbons (Fsp3) is 0.136. The summed E-state index contributed by atoms with van der Waals surface area (Å²) >= 11 is 0. The number of fused-ring (bicyclic) bond motifs is 1. The van der Waals surface area contributed by atoms with E-state index in [4.69, 9.17) is 0 Å². The maximum Gasteiger partial charge on any atom is 0.295 e. The normalized spacial score (nSPS) is 13.5. The molecule has 0 saturated heterocycles. The van der Waals surface area contributed by atoms with Crippen LogP contribution >= 0.6 is 0 Å². The van der Waals surface area contributed by atoms with Crippen molar-refractivity contribution in [2.45, 2.75) is 0 Å². The molecule has 154 valence electrons. The van der Waals surface area contributed by atoms with Gasteiger partial charge in [0.15, 0.2) is 0 Å². The lowest BCUT2D eigenvalue weighted by atomic mass is 10.1. The summed E-state index contributed by atoms with van der Waals surface area (Å²) in [4.78, 5) is 19.4. The number of benzene rings is 3. The number of amidine groups is 1. The summed E-state index contributed by atoms with van der Waals surface area (Å²) in [6.45, 7) is 1.69. The second-order valence-electron chi connectivity index (χ2n) is 7.25. The molecule has 0 bridgehead atoms. The number of halogens is 1. The molecule has 1 aliphatic rings. The number of carbonyl (C=O) groups excluding carboxylic acids is 1. The van der Waals surface area contributed by atoms with Gasteiger partial charge < -0.3 is 10.2 Å². The summed E-state index contributed by atoms with van der Waals surface area (Å²) in [7, 11) is 2.00. The molecule has 5 rings (SSSR count). The van der Waals surface area contributed by atoms with E-state index >= 15 is 0 Å². The number of hydrogen-bond acceptors (Lipinski definition) is 6. The topological polar surface area (TPSA) is 88.3 Å². The van der Waals surface area contributed by atoms with E-state index in [9.17, 15) is 9.18 Å². The lowest BCUT2D eigenvalue weighted by Crippen LogP contribution is -2.23. The number of nitrogens with zero attached hydrogens (tertiary/aromatic N) is 6. The highest BCUT2D eigenvalue weighted by Crippen LogP contribution is 2.20. The van der Waals surface area contributed by atoms with Gasteiger partial charge in [0.25, 0.3) is 5.91 Å². The van der Waals surface area contributed by atoms with Crippen LogP contribution in [-0.4, -0.2) is 57.0 Å². The SMILES string of the molecule is CN1CCN=C1c1ccc(NC(=O)c2nnnn2-c2ccc3cc(F)ccc3c2)cc1. The van der Waals surface area contributed by atoms with Crippen molar-refractivity contribution in [3.8, 4) is 5.69 Å². The molecule has 1 aromatic heterocycles. The largest absolute Gasteiger partial charge is 0.358 e. The van der Waals surface area contributed by atoms with Crippen LogP contribution in [0.5, 0.6) is 0 Å². The van der Waals surface area contributed by atoms with Crippen molar-refractivity contribution >= 4 is 28.2 Å². The minimum absolute atomic E-state index is 0.0467. The van der Waals surface area contributed by atoms with E-state index < -0.39 is 5.91 Å². The first-order valence-electron chi connectivity index (χ1n) is 9.74. The third-order valence-corrected chi connectivity index (χ3v) is 5.16. The lowest BCUT2D eigenvalue weighted by molar-refractivity contribution is 0.101. The van der Waals surface area contributed by atoms with Gasteiger partial charge in [-0.1, -0.05) is 12.1 Å². The number of aromatic nitrogens is 4. The molecule has 0 aliphatic carbocycles. The lowest BCUT2D eigenvalue weighted by Gasteiger charge is -2.14. The quantitative estimate of drug-likeness (QED) is 0.554. The fourth-order valence-electron chi connectivity index (χ4n) is 3.57. The minimum atomic E-state index is -0.438. The number of anilines is 1. The number of likely N-dealkylation sites (N-methyl/N-ethyl adjacent to an activating group) is 1. The second kappa shape index (κ2) is 7.60. The van der Waals surface area contributed by atoms with Crippen LogP contribution in [0.1, 0.15) is 16.2 Å². The number of carbonyl (C=O) groups is 1. The average Bonchev–Trinajstić information content (AvgIpc) is 3.43. The molecule has 31 heavy (non-hydrogen) atoms. The van der Waals surface area contributed by atoms with E-state index in [1.807, 2.05) is 31.3 Å². The van der Waals surface area contributed by atoms with Gasteiger partial charge in [-0.3, -0.25) is 9.79 Å². The van der Waals surface area contributed by atoms with Crippen molar-refractivity contribution in [3.63, 3.8) is 0 Å². The Morgan fingerprint density at radius 3 is 2.58 bits per heavy atom. The molecule has 0 radical (unpaired) electrons. The average molecular weight is 415 g/mol. The molecule has 0 atom stereocenters. The summed E-state index contributed by atoms with van der Waals surface area (Å²) in [5.41, 5.74) is 2.22. The molecule has 0 saturated carbocycles. The molecule has 3 aromatic carbocycles. The van der Waals surface area contributed by atoms with E-state index in [2.05, 4.69) is 30.7 Å². The highest BCUT2D eigenvalue weighted by molar-refractivity contribution is 6.03. The van der Waals surface area contributed by atoms with Crippen molar-refractivity contribution in [2.75, 3.05) is 25.5 Å². The number of nitrogens with one attached hydrogen (secondary N) is 1. The Labute approximate surface area is 177 Å². The molecule has 1 aliphatic heterocycles. The van der Waals surface area contributed by atoms with Crippen molar-refractivity contribution in [1.29, 1.82) is 0 Å². The molecule has 8 nitrogen and oxygen atoms in total. The van der Waals surface area contributed by atoms with Crippen LogP contribution in [0.25, 0.3) is 16.5 Å². The maximum atomic E-state index is 13.4. The molecule has 2 heterocycles. The zero-order valence-corrected chi connectivity index (χ0v) is 16.7. The Balaban J connectivity index is 1.38. The highest BCUT2D eigenvalue weighted by Gasteiger charge is 2.18. The molecule has 0 spiro atoms. The maximum absolute atomic E-state index is 13.4. The van der Waals surface area contributed by atoms with Crippen LogP contribution < -0.4 is 5.32 Å². The predicted octanol–water partition coefficient (Wildman–Crippen LogP) is 2.90. The molecule has 0 unspecified atom stereocenters. The first-order chi connectivity index (χ1) is 15.1. The summed E-state index contributed by atoms with van der Waals surface area (Å²) in [5.74, 6) is 0.246. The van der Waals surface area contributed by atoms with Gasteiger partial charge in [-0.05, 0) is 69.7 Å². The molecule has 4 aromatic rings. The van der Waals surface area contributed by atoms with Gasteiger partial charge in [-0.2, -0.15) is 4.68 Å². The number of amides is 1. The van der Waals surface area contributed by atoms with Crippen LogP contribution in [0.2, 0.25) is 0 Å². The molecular weight excluding hydrogens is 397 g/mol. The van der Waals surface area contributed by atoms with E-state index in [1.54, 1.807) is 24.3 Å². The van der Waals surface area contributed by atoms with Crippen LogP contribution in [0.15, 0.2) is 65.7 Å². The van der Waals surface area contributed by atoms with E-state index in [0.717, 1.165) is 35.3 Å². The summed E-state index contributed by atoms with van der Waals surface area (Å²) in [6.07, 6.45) is 0. The summed E-state index contributed by atoms with van der Waals surface area (Å²) in [6, 6.07) is 17.3. The number of hydrogen-bond donors (Lipinski definition) is 1. The van der Waals surface area contributed by atoms with Gasteiger partial charge in [0.1, 0.15) is 11.7 Å². The van der Waals surface area contributed by atoms with E-state index in [1.165, 1.54) is 16.8 Å². The Morgan fingerprint density at radius 1 is 1.03 bits per heavy atom. The second-order valence-corrected chi connectivity index (χ2v) is 7.25. The van der Waals surface area contributed by atoms with E-state index in [-0.39, 0.29) is 11.6 Å². The van der Waals surface area contributed by atoms with Gasteiger partial charge in [-0.15, -0.1) is 5.10 Å². The first-order valence-corrected chi connectivity index (χ1v) is 9.74. The standard InChI is InChI=1S/C22H18FN7O/c1-29-11-10-24-20(29)14-3-7-18(8-4-14)25-22(31)21-26-27-28-30(21)19-9-5-15-12-17(23)6-2-16(15)13-19/h2-9,12-13H,10-11H2,1H3,(H,25,31). The molecule has 0 fully saturated rings. The minimum Gasteiger partial charge on any atom is -0.358 e. The number of tetrazole rings is 1. The van der Waals surface area contributed by atoms with Gasteiger partial charge in [0, 0.05) is 24.8 Å². The smallest absolute Gasteiger partial charge is 0.295 e. The Morgan fingerprint density at radius 2 is 1.81 bits per heavy atom. The van der Waals surface area contributed by atoms with Crippen molar-refractivity contribution in [2.24, 2.45) is 4.99 Å². The Hall–Kier alpha value is -4.14. The number of rotatable bonds is 4. The zero-order valence-electron chi connectivity index (χ0n) is 16.7. The Kier molecular flexibility index (Phi) is 4.62. The van der Waals surface area contributed by atoms with Crippen LogP contribution in [0.3, 0.4) is 0 Å². The fourth-order valence-corrected chi connectivity index (χ4v) is 3.57. The van der Waals surface area contributed by atoms with Crippen LogP contribution in [0.4, 0.5) is 10.1 Å².